The fraction of sp³-hybridized carbons (Fsp3) is 0.727. The summed E-state index contributed by atoms with van der Waals surface area (Å²) in [6, 6.07) is 4.07. The van der Waals surface area contributed by atoms with Crippen LogP contribution in [-0.2, 0) is 16.1 Å². The van der Waals surface area contributed by atoms with Crippen molar-refractivity contribution >= 4 is 11.6 Å². The Kier molecular flexibility index (Phi) is 6.04. The quantitative estimate of drug-likeness (QED) is 0.815. The molecule has 2 atom stereocenters. The third kappa shape index (κ3) is 4.12. The number of rotatable bonds is 6. The normalized spacial score (nSPS) is 24.7. The highest BCUT2D eigenvalue weighted by Gasteiger charge is 2.36. The van der Waals surface area contributed by atoms with Gasteiger partial charge in [-0.25, -0.2) is 0 Å². The number of anilines is 1. The number of piperidine rings is 1. The minimum Gasteiger partial charge on any atom is -0.384 e. The molecule has 1 amide bonds. The first-order valence-corrected chi connectivity index (χ1v) is 10.9. The van der Waals surface area contributed by atoms with Gasteiger partial charge in [-0.2, -0.15) is 0 Å². The highest BCUT2D eigenvalue weighted by atomic mass is 16.5. The first kappa shape index (κ1) is 19.5. The van der Waals surface area contributed by atoms with Crippen molar-refractivity contribution < 1.29 is 9.53 Å². The van der Waals surface area contributed by atoms with E-state index in [1.807, 2.05) is 15.5 Å². The summed E-state index contributed by atoms with van der Waals surface area (Å²) in [4.78, 5) is 27.5. The summed E-state index contributed by atoms with van der Waals surface area (Å²) in [6.07, 6.45) is 8.05. The van der Waals surface area contributed by atoms with E-state index in [0.29, 0.717) is 31.4 Å². The van der Waals surface area contributed by atoms with Crippen LogP contribution in [0.3, 0.4) is 0 Å². The molecule has 0 aromatic carbocycles. The number of hydrogen-bond acceptors (Lipinski definition) is 4. The van der Waals surface area contributed by atoms with Crippen LogP contribution in [0.25, 0.3) is 0 Å². The second-order valence-electron chi connectivity index (χ2n) is 8.81. The lowest BCUT2D eigenvalue weighted by Gasteiger charge is -2.43. The molecule has 1 aromatic heterocycles. The average Bonchev–Trinajstić information content (AvgIpc) is 2.72. The molecule has 0 radical (unpaired) electrons. The van der Waals surface area contributed by atoms with E-state index in [9.17, 15) is 9.59 Å². The Balaban J connectivity index is 1.45. The fourth-order valence-electron chi connectivity index (χ4n) is 5.28. The molecular weight excluding hydrogens is 354 g/mol. The number of hydrogen-bond donors (Lipinski definition) is 1. The SMILES string of the molecule is COCCC(=O)N1C[C@@H]2C[C@H](C1)c1ccc(NCC3CCCCC3)c(=O)n1C2. The van der Waals surface area contributed by atoms with Crippen LogP contribution in [0.15, 0.2) is 16.9 Å². The van der Waals surface area contributed by atoms with E-state index in [1.165, 1.54) is 32.1 Å². The van der Waals surface area contributed by atoms with Gasteiger partial charge in [0, 0.05) is 44.9 Å². The molecule has 0 unspecified atom stereocenters. The first-order chi connectivity index (χ1) is 13.7. The third-order valence-electron chi connectivity index (χ3n) is 6.78. The predicted molar refractivity (Wildman–Crippen MR) is 110 cm³/mol. The molecule has 1 saturated heterocycles. The molecule has 3 aliphatic rings. The number of amides is 1. The standard InChI is InChI=1S/C22H33N3O3/c1-28-10-9-21(26)24-13-17-11-18(15-24)20-8-7-19(22(27)25(20)14-17)23-12-16-5-3-2-4-6-16/h7-8,16-18,23H,2-6,9-15H2,1H3/t17-,18+/m0/s1. The van der Waals surface area contributed by atoms with Gasteiger partial charge in [0.25, 0.3) is 5.56 Å². The maximum atomic E-state index is 13.1. The number of likely N-dealkylation sites (tertiary alicyclic amines) is 1. The zero-order valence-electron chi connectivity index (χ0n) is 17.0. The monoisotopic (exact) mass is 387 g/mol. The smallest absolute Gasteiger partial charge is 0.274 e. The molecule has 2 fully saturated rings. The lowest BCUT2D eigenvalue weighted by atomic mass is 9.83. The molecule has 28 heavy (non-hydrogen) atoms. The van der Waals surface area contributed by atoms with E-state index in [1.54, 1.807) is 7.11 Å². The number of nitrogens with zero attached hydrogens (tertiary/aromatic N) is 2. The van der Waals surface area contributed by atoms with E-state index in [2.05, 4.69) is 11.4 Å². The average molecular weight is 388 g/mol. The van der Waals surface area contributed by atoms with E-state index in [0.717, 1.165) is 37.4 Å². The summed E-state index contributed by atoms with van der Waals surface area (Å²) in [6.45, 7) is 3.57. The molecule has 1 saturated carbocycles. The Bertz CT molecular complexity index is 754. The highest BCUT2D eigenvalue weighted by Crippen LogP contribution is 2.35. The molecule has 2 bridgehead atoms. The number of aromatic nitrogens is 1. The number of methoxy groups -OCH3 is 1. The second kappa shape index (κ2) is 8.68. The van der Waals surface area contributed by atoms with E-state index >= 15 is 0 Å². The fourth-order valence-corrected chi connectivity index (χ4v) is 5.28. The maximum Gasteiger partial charge on any atom is 0.274 e. The predicted octanol–water partition coefficient (Wildman–Crippen LogP) is 2.82. The van der Waals surface area contributed by atoms with Gasteiger partial charge < -0.3 is 19.5 Å². The van der Waals surface area contributed by atoms with Crippen molar-refractivity contribution in [1.82, 2.24) is 9.47 Å². The van der Waals surface area contributed by atoms with Gasteiger partial charge >= 0.3 is 0 Å². The van der Waals surface area contributed by atoms with Gasteiger partial charge in [0.2, 0.25) is 5.91 Å². The summed E-state index contributed by atoms with van der Waals surface area (Å²) in [5, 5.41) is 3.44. The Hall–Kier alpha value is -1.82. The largest absolute Gasteiger partial charge is 0.384 e. The maximum absolute atomic E-state index is 13.1. The van der Waals surface area contributed by atoms with Crippen molar-refractivity contribution in [2.24, 2.45) is 11.8 Å². The van der Waals surface area contributed by atoms with Crippen LogP contribution >= 0.6 is 0 Å². The third-order valence-corrected chi connectivity index (χ3v) is 6.78. The van der Waals surface area contributed by atoms with Crippen LogP contribution in [0.4, 0.5) is 5.69 Å². The van der Waals surface area contributed by atoms with Crippen molar-refractivity contribution in [3.8, 4) is 0 Å². The van der Waals surface area contributed by atoms with Gasteiger partial charge in [-0.3, -0.25) is 9.59 Å². The van der Waals surface area contributed by atoms with Crippen LogP contribution in [-0.4, -0.2) is 48.7 Å². The second-order valence-corrected chi connectivity index (χ2v) is 8.81. The topological polar surface area (TPSA) is 63.6 Å². The van der Waals surface area contributed by atoms with Gasteiger partial charge in [-0.1, -0.05) is 19.3 Å². The van der Waals surface area contributed by atoms with E-state index < -0.39 is 0 Å². The summed E-state index contributed by atoms with van der Waals surface area (Å²) in [5.74, 6) is 1.49. The number of ether oxygens (including phenoxy) is 1. The zero-order valence-corrected chi connectivity index (χ0v) is 17.0. The molecule has 3 heterocycles. The number of pyridine rings is 1. The molecule has 1 aliphatic carbocycles. The minimum atomic E-state index is 0.113. The van der Waals surface area contributed by atoms with E-state index in [4.69, 9.17) is 4.74 Å². The number of carbonyl (C=O) groups is 1. The molecule has 1 aromatic rings. The van der Waals surface area contributed by atoms with Crippen molar-refractivity contribution in [2.45, 2.75) is 57.4 Å². The first-order valence-electron chi connectivity index (χ1n) is 10.9. The lowest BCUT2D eigenvalue weighted by Crippen LogP contribution is -2.49. The molecular formula is C22H33N3O3. The summed E-state index contributed by atoms with van der Waals surface area (Å²) in [5.41, 5.74) is 1.94. The minimum absolute atomic E-state index is 0.113. The van der Waals surface area contributed by atoms with Crippen molar-refractivity contribution in [1.29, 1.82) is 0 Å². The molecule has 0 spiro atoms. The number of fused-ring (bicyclic) bond motifs is 4. The van der Waals surface area contributed by atoms with Crippen molar-refractivity contribution in [2.75, 3.05) is 38.7 Å². The van der Waals surface area contributed by atoms with Crippen molar-refractivity contribution in [3.63, 3.8) is 0 Å². The Labute approximate surface area is 167 Å². The van der Waals surface area contributed by atoms with Gasteiger partial charge in [0.15, 0.2) is 0 Å². The van der Waals surface area contributed by atoms with Crippen LogP contribution in [0.5, 0.6) is 0 Å². The number of nitrogens with one attached hydrogen (secondary N) is 1. The molecule has 6 nitrogen and oxygen atoms in total. The summed E-state index contributed by atoms with van der Waals surface area (Å²) in [7, 11) is 1.63. The van der Waals surface area contributed by atoms with Crippen LogP contribution in [0, 0.1) is 11.8 Å². The lowest BCUT2D eigenvalue weighted by molar-refractivity contribution is -0.134. The van der Waals surface area contributed by atoms with Gasteiger partial charge in [0.05, 0.1) is 13.0 Å². The van der Waals surface area contributed by atoms with Crippen LogP contribution in [0.2, 0.25) is 0 Å². The summed E-state index contributed by atoms with van der Waals surface area (Å²) < 4.78 is 7.02. The van der Waals surface area contributed by atoms with E-state index in [-0.39, 0.29) is 17.4 Å². The van der Waals surface area contributed by atoms with Gasteiger partial charge in [0.1, 0.15) is 5.69 Å². The van der Waals surface area contributed by atoms with Gasteiger partial charge in [-0.15, -0.1) is 0 Å². The Morgan fingerprint density at radius 1 is 1.18 bits per heavy atom. The van der Waals surface area contributed by atoms with Crippen LogP contribution in [0.1, 0.15) is 56.6 Å². The summed E-state index contributed by atoms with van der Waals surface area (Å²) >= 11 is 0. The Morgan fingerprint density at radius 3 is 2.79 bits per heavy atom. The molecule has 1 N–H and O–H groups in total. The number of carbonyl (C=O) groups excluding carboxylic acids is 1. The molecule has 4 rings (SSSR count). The van der Waals surface area contributed by atoms with Crippen molar-refractivity contribution in [3.05, 3.63) is 28.2 Å². The molecule has 2 aliphatic heterocycles. The molecule has 154 valence electrons. The Morgan fingerprint density at radius 2 is 2.00 bits per heavy atom. The highest BCUT2D eigenvalue weighted by molar-refractivity contribution is 5.76. The molecule has 6 heteroatoms. The zero-order chi connectivity index (χ0) is 19.5. The van der Waals surface area contributed by atoms with Gasteiger partial charge in [-0.05, 0) is 43.2 Å². The van der Waals surface area contributed by atoms with Crippen LogP contribution < -0.4 is 10.9 Å².